The Morgan fingerprint density at radius 3 is 2.12 bits per heavy atom. The van der Waals surface area contributed by atoms with Crippen molar-refractivity contribution in [1.29, 1.82) is 0 Å². The van der Waals surface area contributed by atoms with Gasteiger partial charge in [-0.3, -0.25) is 0 Å². The van der Waals surface area contributed by atoms with Gasteiger partial charge in [0.25, 0.3) is 0 Å². The Kier molecular flexibility index (Phi) is 0.656. The van der Waals surface area contributed by atoms with Crippen LogP contribution < -0.4 is 0 Å². The van der Waals surface area contributed by atoms with E-state index >= 15 is 0 Å². The van der Waals surface area contributed by atoms with E-state index < -0.39 is 0 Å². The molecular formula is C6H9BS. The second-order valence-electron chi connectivity index (χ2n) is 3.42. The molecule has 2 rings (SSSR count). The molecule has 2 saturated carbocycles. The Balaban J connectivity index is 2.17. The van der Waals surface area contributed by atoms with Gasteiger partial charge in [-0.15, -0.1) is 0 Å². The summed E-state index contributed by atoms with van der Waals surface area (Å²) in [6.07, 6.45) is 2.46. The summed E-state index contributed by atoms with van der Waals surface area (Å²) in [5.74, 6) is 0.477. The molecule has 0 aromatic rings. The van der Waals surface area contributed by atoms with Crippen molar-refractivity contribution in [2.45, 2.75) is 30.3 Å². The summed E-state index contributed by atoms with van der Waals surface area (Å²) in [6.45, 7) is 2.18. The molecule has 0 amide bonds. The van der Waals surface area contributed by atoms with Gasteiger partial charge in [0.05, 0.1) is 7.85 Å². The molecule has 3 atom stereocenters. The first-order valence-corrected chi connectivity index (χ1v) is 3.51. The lowest BCUT2D eigenvalue weighted by atomic mass is 9.98. The molecule has 0 heterocycles. The number of rotatable bonds is 0. The van der Waals surface area contributed by atoms with Crippen LogP contribution in [0.1, 0.15) is 19.8 Å². The Labute approximate surface area is 56.9 Å². The highest BCUT2D eigenvalue weighted by molar-refractivity contribution is 7.82. The van der Waals surface area contributed by atoms with E-state index in [1.165, 1.54) is 12.8 Å². The van der Waals surface area contributed by atoms with Crippen LogP contribution in [0.3, 0.4) is 0 Å². The zero-order chi connectivity index (χ0) is 5.99. The highest BCUT2D eigenvalue weighted by Crippen LogP contribution is 2.81. The van der Waals surface area contributed by atoms with Crippen molar-refractivity contribution < 1.29 is 0 Å². The Bertz CT molecular complexity index is 143. The molecule has 2 aliphatic carbocycles. The number of hydrogen-bond donors (Lipinski definition) is 1. The van der Waals surface area contributed by atoms with Gasteiger partial charge in [-0.05, 0) is 11.8 Å². The summed E-state index contributed by atoms with van der Waals surface area (Å²) in [6, 6.07) is 0. The van der Waals surface area contributed by atoms with E-state index in [2.05, 4.69) is 19.6 Å². The van der Waals surface area contributed by atoms with Crippen LogP contribution >= 0.6 is 12.6 Å². The predicted molar refractivity (Wildman–Crippen MR) is 38.6 cm³/mol. The smallest absolute Gasteiger partial charge is 0.0708 e. The Morgan fingerprint density at radius 2 is 2.12 bits per heavy atom. The zero-order valence-electron chi connectivity index (χ0n) is 5.02. The van der Waals surface area contributed by atoms with Crippen molar-refractivity contribution in [3.63, 3.8) is 0 Å². The maximum atomic E-state index is 5.69. The molecule has 0 aliphatic heterocycles. The largest absolute Gasteiger partial charge is 0.172 e. The van der Waals surface area contributed by atoms with Crippen LogP contribution in [0.2, 0.25) is 5.82 Å². The third-order valence-corrected chi connectivity index (χ3v) is 3.34. The molecule has 0 nitrogen and oxygen atoms in total. The SMILES string of the molecule is [B]C1CC12CC2(C)S. The molecule has 8 heavy (non-hydrogen) atoms. The van der Waals surface area contributed by atoms with Crippen LogP contribution in [0, 0.1) is 5.41 Å². The van der Waals surface area contributed by atoms with Crippen molar-refractivity contribution in [3.05, 3.63) is 0 Å². The standard InChI is InChI=1S/C6H9BS/c1-5(8)3-6(5)2-4(6)7/h4,8H,2-3H2,1H3. The van der Waals surface area contributed by atoms with Crippen LogP contribution in [-0.4, -0.2) is 12.6 Å². The first-order valence-electron chi connectivity index (χ1n) is 3.06. The Hall–Kier alpha value is 0.415. The van der Waals surface area contributed by atoms with Crippen molar-refractivity contribution in [3.8, 4) is 0 Å². The molecule has 0 aromatic heterocycles. The molecule has 42 valence electrons. The van der Waals surface area contributed by atoms with E-state index in [0.717, 1.165) is 0 Å². The normalized spacial score (nSPS) is 68.5. The van der Waals surface area contributed by atoms with E-state index in [-0.39, 0.29) is 0 Å². The van der Waals surface area contributed by atoms with Gasteiger partial charge < -0.3 is 0 Å². The van der Waals surface area contributed by atoms with Gasteiger partial charge in [-0.1, -0.05) is 19.2 Å². The third-order valence-electron chi connectivity index (χ3n) is 2.74. The summed E-state index contributed by atoms with van der Waals surface area (Å²) >= 11 is 4.46. The molecule has 2 aliphatic rings. The fourth-order valence-electron chi connectivity index (χ4n) is 1.73. The van der Waals surface area contributed by atoms with Gasteiger partial charge >= 0.3 is 0 Å². The van der Waals surface area contributed by atoms with E-state index in [4.69, 9.17) is 7.85 Å². The maximum Gasteiger partial charge on any atom is 0.0708 e. The van der Waals surface area contributed by atoms with Crippen LogP contribution in [0.4, 0.5) is 0 Å². The van der Waals surface area contributed by atoms with Crippen molar-refractivity contribution in [2.75, 3.05) is 0 Å². The van der Waals surface area contributed by atoms with Crippen LogP contribution in [-0.2, 0) is 0 Å². The predicted octanol–water partition coefficient (Wildman–Crippen LogP) is 1.43. The first kappa shape index (κ1) is 5.22. The molecule has 2 heteroatoms. The minimum absolute atomic E-state index is 0.298. The minimum Gasteiger partial charge on any atom is -0.172 e. The fourth-order valence-corrected chi connectivity index (χ4v) is 2.27. The van der Waals surface area contributed by atoms with Gasteiger partial charge in [-0.2, -0.15) is 12.6 Å². The Morgan fingerprint density at radius 1 is 1.75 bits per heavy atom. The lowest BCUT2D eigenvalue weighted by Crippen LogP contribution is -1.93. The second-order valence-corrected chi connectivity index (χ2v) is 4.40. The van der Waals surface area contributed by atoms with Gasteiger partial charge in [0.15, 0.2) is 0 Å². The molecular weight excluding hydrogens is 115 g/mol. The maximum absolute atomic E-state index is 5.69. The lowest BCUT2D eigenvalue weighted by molar-refractivity contribution is 0.813. The van der Waals surface area contributed by atoms with Gasteiger partial charge in [0.1, 0.15) is 0 Å². The highest BCUT2D eigenvalue weighted by Gasteiger charge is 2.73. The molecule has 0 N–H and O–H groups in total. The summed E-state index contributed by atoms with van der Waals surface area (Å²) in [5, 5.41) is 0. The quantitative estimate of drug-likeness (QED) is 0.366. The molecule has 2 fully saturated rings. The number of thiol groups is 1. The number of hydrogen-bond acceptors (Lipinski definition) is 1. The molecule has 2 radical (unpaired) electrons. The van der Waals surface area contributed by atoms with E-state index in [0.29, 0.717) is 16.0 Å². The summed E-state index contributed by atoms with van der Waals surface area (Å²) in [7, 11) is 5.69. The van der Waals surface area contributed by atoms with Gasteiger partial charge in [0.2, 0.25) is 0 Å². The average Bonchev–Trinajstić information content (AvgIpc) is 2.24. The van der Waals surface area contributed by atoms with Crippen LogP contribution in [0.5, 0.6) is 0 Å². The lowest BCUT2D eigenvalue weighted by Gasteiger charge is -1.95. The summed E-state index contributed by atoms with van der Waals surface area (Å²) in [5.41, 5.74) is 0.496. The average molecular weight is 124 g/mol. The molecule has 0 aromatic carbocycles. The van der Waals surface area contributed by atoms with E-state index in [9.17, 15) is 0 Å². The van der Waals surface area contributed by atoms with Gasteiger partial charge in [0, 0.05) is 4.75 Å². The molecule has 0 saturated heterocycles. The monoisotopic (exact) mass is 124 g/mol. The fraction of sp³-hybridized carbons (Fsp3) is 1.00. The summed E-state index contributed by atoms with van der Waals surface area (Å²) in [4.78, 5) is 0. The zero-order valence-corrected chi connectivity index (χ0v) is 5.91. The van der Waals surface area contributed by atoms with Crippen LogP contribution in [0.15, 0.2) is 0 Å². The second kappa shape index (κ2) is 1.01. The van der Waals surface area contributed by atoms with E-state index in [1.807, 2.05) is 0 Å². The third kappa shape index (κ3) is 0.374. The van der Waals surface area contributed by atoms with Gasteiger partial charge in [-0.25, -0.2) is 0 Å². The highest BCUT2D eigenvalue weighted by atomic mass is 32.1. The van der Waals surface area contributed by atoms with Crippen molar-refractivity contribution >= 4 is 20.5 Å². The molecule has 0 bridgehead atoms. The van der Waals surface area contributed by atoms with Crippen molar-refractivity contribution in [1.82, 2.24) is 0 Å². The topological polar surface area (TPSA) is 0 Å². The minimum atomic E-state index is 0.298. The van der Waals surface area contributed by atoms with Crippen molar-refractivity contribution in [2.24, 2.45) is 5.41 Å². The molecule has 1 spiro atoms. The first-order chi connectivity index (χ1) is 3.58. The molecule has 3 unspecified atom stereocenters. The van der Waals surface area contributed by atoms with Crippen LogP contribution in [0.25, 0.3) is 0 Å². The summed E-state index contributed by atoms with van der Waals surface area (Å²) < 4.78 is 0.298. The van der Waals surface area contributed by atoms with E-state index in [1.54, 1.807) is 0 Å².